The average molecular weight is 860 g/mol. The summed E-state index contributed by atoms with van der Waals surface area (Å²) in [5.41, 5.74) is 19.5. The minimum atomic E-state index is -0.105. The molecule has 8 aromatic rings. The first-order valence-electron chi connectivity index (χ1n) is 23.5. The third-order valence-electron chi connectivity index (χ3n) is 15.3. The Labute approximate surface area is 390 Å². The third-order valence-corrected chi connectivity index (χ3v) is 15.3. The first kappa shape index (κ1) is 42.9. The second kappa shape index (κ2) is 15.6. The van der Waals surface area contributed by atoms with Gasteiger partial charge in [-0.2, -0.15) is 5.26 Å². The first-order valence-corrected chi connectivity index (χ1v) is 23.5. The molecule has 0 amide bonds. The second-order valence-corrected chi connectivity index (χ2v) is 20.7. The van der Waals surface area contributed by atoms with Crippen LogP contribution in [-0.4, -0.2) is 19.9 Å². The summed E-state index contributed by atoms with van der Waals surface area (Å²) in [5.74, 6) is 1.84. The van der Waals surface area contributed by atoms with Gasteiger partial charge in [0.2, 0.25) is 0 Å². The zero-order chi connectivity index (χ0) is 46.3. The lowest BCUT2D eigenvalue weighted by Crippen LogP contribution is -2.25. The van der Waals surface area contributed by atoms with Crippen molar-refractivity contribution >= 4 is 0 Å². The van der Waals surface area contributed by atoms with Gasteiger partial charge in [0.25, 0.3) is 0 Å². The van der Waals surface area contributed by atoms with Crippen molar-refractivity contribution in [1.82, 2.24) is 19.9 Å². The summed E-state index contributed by atoms with van der Waals surface area (Å²) in [6.07, 6.45) is 3.93. The van der Waals surface area contributed by atoms with Crippen molar-refractivity contribution in [2.75, 3.05) is 0 Å². The summed E-state index contributed by atoms with van der Waals surface area (Å²) < 4.78 is 0. The molecule has 0 radical (unpaired) electrons. The van der Waals surface area contributed by atoms with E-state index in [-0.39, 0.29) is 21.7 Å². The van der Waals surface area contributed by atoms with Gasteiger partial charge in [-0.25, -0.2) is 15.0 Å². The molecule has 326 valence electrons. The molecule has 5 heteroatoms. The number of hydrogen-bond acceptors (Lipinski definition) is 5. The molecule has 2 aromatic heterocycles. The van der Waals surface area contributed by atoms with Gasteiger partial charge in [0.15, 0.2) is 17.5 Å². The summed E-state index contributed by atoms with van der Waals surface area (Å²) in [7, 11) is 0. The number of nitrogens with zero attached hydrogens (tertiary/aromatic N) is 5. The van der Waals surface area contributed by atoms with Gasteiger partial charge in [-0.3, -0.25) is 4.98 Å². The van der Waals surface area contributed by atoms with Gasteiger partial charge in [0, 0.05) is 44.8 Å². The maximum absolute atomic E-state index is 10.5. The monoisotopic (exact) mass is 859 g/mol. The van der Waals surface area contributed by atoms with Crippen LogP contribution in [0.2, 0.25) is 0 Å². The molecule has 0 unspecified atom stereocenters. The molecule has 2 heterocycles. The maximum atomic E-state index is 10.5. The Hall–Kier alpha value is -7.03. The molecule has 6 aromatic carbocycles. The molecule has 0 fully saturated rings. The van der Waals surface area contributed by atoms with Crippen LogP contribution in [0, 0.1) is 11.3 Å². The van der Waals surface area contributed by atoms with Gasteiger partial charge >= 0.3 is 0 Å². The Kier molecular flexibility index (Phi) is 10.1. The van der Waals surface area contributed by atoms with E-state index in [1.165, 1.54) is 55.6 Å². The number of rotatable bonds is 9. The number of benzene rings is 6. The van der Waals surface area contributed by atoms with E-state index in [0.717, 1.165) is 46.2 Å². The molecule has 0 aliphatic heterocycles. The maximum Gasteiger partial charge on any atom is 0.164 e. The van der Waals surface area contributed by atoms with Crippen LogP contribution in [0.25, 0.3) is 78.8 Å². The predicted molar refractivity (Wildman–Crippen MR) is 271 cm³/mol. The van der Waals surface area contributed by atoms with Crippen molar-refractivity contribution in [1.29, 1.82) is 5.26 Å². The summed E-state index contributed by atoms with van der Waals surface area (Å²) in [4.78, 5) is 20.6. The third kappa shape index (κ3) is 6.89. The van der Waals surface area contributed by atoms with Gasteiger partial charge < -0.3 is 0 Å². The lowest BCUT2D eigenvalue weighted by Gasteiger charge is -2.34. The molecule has 0 saturated carbocycles. The number of nitriles is 1. The van der Waals surface area contributed by atoms with Crippen molar-refractivity contribution < 1.29 is 0 Å². The highest BCUT2D eigenvalue weighted by atomic mass is 15.0. The van der Waals surface area contributed by atoms with Crippen molar-refractivity contribution in [2.24, 2.45) is 0 Å². The Balaban J connectivity index is 1.05. The normalized spacial score (nSPS) is 14.3. The number of fused-ring (bicyclic) bond motifs is 6. The average Bonchev–Trinajstić information content (AvgIpc) is 3.72. The van der Waals surface area contributed by atoms with Crippen LogP contribution in [0.15, 0.2) is 140 Å². The quantitative estimate of drug-likeness (QED) is 0.144. The minimum Gasteiger partial charge on any atom is -0.254 e. The summed E-state index contributed by atoms with van der Waals surface area (Å²) in [6, 6.07) is 50.1. The second-order valence-electron chi connectivity index (χ2n) is 20.7. The van der Waals surface area contributed by atoms with Crippen molar-refractivity contribution in [3.63, 3.8) is 0 Å². The Bertz CT molecular complexity index is 3160. The summed E-state index contributed by atoms with van der Waals surface area (Å²) >= 11 is 0. The molecule has 10 rings (SSSR count). The van der Waals surface area contributed by atoms with Crippen LogP contribution in [0.5, 0.6) is 0 Å². The summed E-state index contributed by atoms with van der Waals surface area (Å²) in [5, 5.41) is 10.5. The molecule has 0 atom stereocenters. The van der Waals surface area contributed by atoms with Gasteiger partial charge in [0.05, 0.1) is 11.3 Å². The van der Waals surface area contributed by atoms with E-state index in [1.807, 2.05) is 12.3 Å². The number of pyridine rings is 1. The standard InChI is InChI=1S/C61H57N5/c1-11-58(3,4)52-30-25-39(34-53(52)59(5,6)12-2)54-42(35-62)31-43(36-63-54)37-21-23-38(24-22-37)55-64-56(40-26-28-50-46(32-40)44-17-13-15-19-48(44)60(50,7)8)66-57(65-55)41-27-29-51-47(33-41)45-18-14-16-20-49(45)61(51,9)10/h13-34,36H,11-12H2,1-10H3. The Morgan fingerprint density at radius 2 is 0.894 bits per heavy atom. The lowest BCUT2D eigenvalue weighted by atomic mass is 9.71. The molecule has 0 spiro atoms. The Morgan fingerprint density at radius 3 is 1.41 bits per heavy atom. The predicted octanol–water partition coefficient (Wildman–Crippen LogP) is 15.5. The van der Waals surface area contributed by atoms with Crippen molar-refractivity contribution in [3.05, 3.63) is 179 Å². The molecule has 2 aliphatic carbocycles. The van der Waals surface area contributed by atoms with E-state index in [4.69, 9.17) is 19.9 Å². The Morgan fingerprint density at radius 1 is 0.455 bits per heavy atom. The fraction of sp³-hybridized carbons (Fsp3) is 0.262. The number of aromatic nitrogens is 4. The summed E-state index contributed by atoms with van der Waals surface area (Å²) in [6.45, 7) is 23.0. The van der Waals surface area contributed by atoms with Crippen LogP contribution in [-0.2, 0) is 21.7 Å². The van der Waals surface area contributed by atoms with E-state index in [9.17, 15) is 5.26 Å². The molecule has 0 saturated heterocycles. The van der Waals surface area contributed by atoms with Crippen LogP contribution in [0.4, 0.5) is 0 Å². The number of hydrogen-bond donors (Lipinski definition) is 0. The highest BCUT2D eigenvalue weighted by Gasteiger charge is 2.37. The van der Waals surface area contributed by atoms with Crippen LogP contribution in [0.1, 0.15) is 121 Å². The van der Waals surface area contributed by atoms with E-state index < -0.39 is 0 Å². The molecule has 0 bridgehead atoms. The van der Waals surface area contributed by atoms with Crippen LogP contribution >= 0.6 is 0 Å². The molecule has 5 nitrogen and oxygen atoms in total. The highest BCUT2D eigenvalue weighted by Crippen LogP contribution is 2.51. The molecule has 0 N–H and O–H groups in total. The van der Waals surface area contributed by atoms with Crippen LogP contribution < -0.4 is 0 Å². The van der Waals surface area contributed by atoms with Crippen molar-refractivity contribution in [3.8, 4) is 84.9 Å². The van der Waals surface area contributed by atoms with Crippen LogP contribution in [0.3, 0.4) is 0 Å². The van der Waals surface area contributed by atoms with Gasteiger partial charge in [-0.15, -0.1) is 0 Å². The van der Waals surface area contributed by atoms with E-state index in [0.29, 0.717) is 28.7 Å². The highest BCUT2D eigenvalue weighted by molar-refractivity contribution is 5.86. The molecular weight excluding hydrogens is 803 g/mol. The van der Waals surface area contributed by atoms with E-state index in [2.05, 4.69) is 203 Å². The SMILES string of the molecule is CCC(C)(C)c1ccc(-c2ncc(-c3ccc(-c4nc(-c5ccc6c(c5)-c5ccccc5C6(C)C)nc(-c5ccc6c(c5)-c5ccccc5C6(C)C)n4)cc3)cc2C#N)cc1C(C)(C)CC. The minimum absolute atomic E-state index is 0.0264. The molecule has 66 heavy (non-hydrogen) atoms. The fourth-order valence-corrected chi connectivity index (χ4v) is 10.5. The van der Waals surface area contributed by atoms with E-state index in [1.54, 1.807) is 0 Å². The molecular formula is C61H57N5. The van der Waals surface area contributed by atoms with Gasteiger partial charge in [-0.05, 0) is 109 Å². The van der Waals surface area contributed by atoms with E-state index >= 15 is 0 Å². The van der Waals surface area contributed by atoms with Crippen molar-refractivity contribution in [2.45, 2.75) is 104 Å². The first-order chi connectivity index (χ1) is 31.5. The lowest BCUT2D eigenvalue weighted by molar-refractivity contribution is 0.455. The largest absolute Gasteiger partial charge is 0.254 e. The smallest absolute Gasteiger partial charge is 0.164 e. The van der Waals surface area contributed by atoms with Gasteiger partial charge in [-0.1, -0.05) is 178 Å². The fourth-order valence-electron chi connectivity index (χ4n) is 10.5. The molecule has 2 aliphatic rings. The van der Waals surface area contributed by atoms with Gasteiger partial charge in [0.1, 0.15) is 6.07 Å². The zero-order valence-corrected chi connectivity index (χ0v) is 39.9. The topological polar surface area (TPSA) is 75.3 Å². The zero-order valence-electron chi connectivity index (χ0n) is 39.9.